The first-order valence-electron chi connectivity index (χ1n) is 9.17. The van der Waals surface area contributed by atoms with Crippen LogP contribution in [0.5, 0.6) is 0 Å². The van der Waals surface area contributed by atoms with Crippen molar-refractivity contribution in [2.45, 2.75) is 51.2 Å². The van der Waals surface area contributed by atoms with Crippen molar-refractivity contribution in [1.29, 1.82) is 0 Å². The fraction of sp³-hybridized carbons (Fsp3) is 0.474. The third kappa shape index (κ3) is 3.59. The molecule has 2 aromatic rings. The van der Waals surface area contributed by atoms with Gasteiger partial charge >= 0.3 is 0 Å². The maximum absolute atomic E-state index is 12.6. The van der Waals surface area contributed by atoms with Crippen molar-refractivity contribution in [2.75, 3.05) is 0 Å². The molecule has 2 aliphatic rings. The third-order valence-electron chi connectivity index (χ3n) is 5.22. The van der Waals surface area contributed by atoms with Crippen LogP contribution < -0.4 is 16.2 Å². The molecule has 0 spiro atoms. The number of hydrogen-bond acceptors (Lipinski definition) is 6. The minimum Gasteiger partial charge on any atom is -0.348 e. The number of pyridine rings is 1. The number of nitrogens with zero attached hydrogens (tertiary/aromatic N) is 3. The molecular weight excluding hydrogens is 328 g/mol. The van der Waals surface area contributed by atoms with Gasteiger partial charge in [0.2, 0.25) is 5.91 Å². The number of aryl methyl sites for hydroxylation is 1. The fourth-order valence-corrected chi connectivity index (χ4v) is 3.49. The summed E-state index contributed by atoms with van der Waals surface area (Å²) in [5, 5.41) is 3.09. The van der Waals surface area contributed by atoms with Crippen LogP contribution in [0.25, 0.3) is 11.4 Å². The largest absolute Gasteiger partial charge is 0.348 e. The number of rotatable bonds is 5. The first-order chi connectivity index (χ1) is 12.6. The van der Waals surface area contributed by atoms with E-state index in [1.165, 1.54) is 12.8 Å². The van der Waals surface area contributed by atoms with Crippen molar-refractivity contribution < 1.29 is 4.79 Å². The lowest BCUT2D eigenvalue weighted by atomic mass is 10.0. The molecule has 0 radical (unpaired) electrons. The summed E-state index contributed by atoms with van der Waals surface area (Å²) < 4.78 is 0. The lowest BCUT2D eigenvalue weighted by Crippen LogP contribution is -2.44. The number of nitrogens with one attached hydrogen (secondary N) is 3. The number of carbonyl (C=O) groups excluding carboxylic acids is 1. The summed E-state index contributed by atoms with van der Waals surface area (Å²) in [5.41, 5.74) is 9.12. The maximum Gasteiger partial charge on any atom is 0.239 e. The molecule has 1 amide bonds. The molecular formula is C19H24N6O. The molecule has 4 rings (SSSR count). The number of amides is 1. The van der Waals surface area contributed by atoms with Crippen molar-refractivity contribution in [3.63, 3.8) is 0 Å². The number of carbonyl (C=O) groups is 1. The van der Waals surface area contributed by atoms with Gasteiger partial charge in [-0.15, -0.1) is 0 Å². The Morgan fingerprint density at radius 3 is 2.73 bits per heavy atom. The average Bonchev–Trinajstić information content (AvgIpc) is 3.38. The zero-order valence-corrected chi connectivity index (χ0v) is 15.1. The highest BCUT2D eigenvalue weighted by molar-refractivity contribution is 5.82. The van der Waals surface area contributed by atoms with Crippen LogP contribution in [0, 0.1) is 12.8 Å². The second-order valence-electron chi connectivity index (χ2n) is 7.22. The Kier molecular flexibility index (Phi) is 4.65. The zero-order valence-electron chi connectivity index (χ0n) is 15.1. The van der Waals surface area contributed by atoms with Gasteiger partial charge in [-0.3, -0.25) is 15.2 Å². The SMILES string of the molecule is Cc1nc(-c2ccncc2)ncc1C(C)NC(=O)C1CC(C2CC2)NN1. The third-order valence-corrected chi connectivity index (χ3v) is 5.22. The highest BCUT2D eigenvalue weighted by Crippen LogP contribution is 2.35. The minimum atomic E-state index is -0.180. The van der Waals surface area contributed by atoms with Crippen LogP contribution in [0.15, 0.2) is 30.7 Å². The minimum absolute atomic E-state index is 0.0192. The van der Waals surface area contributed by atoms with Gasteiger partial charge in [0.25, 0.3) is 0 Å². The van der Waals surface area contributed by atoms with E-state index in [-0.39, 0.29) is 18.0 Å². The van der Waals surface area contributed by atoms with Gasteiger partial charge < -0.3 is 5.32 Å². The van der Waals surface area contributed by atoms with Crippen LogP contribution in [0.2, 0.25) is 0 Å². The molecule has 3 unspecified atom stereocenters. The van der Waals surface area contributed by atoms with E-state index >= 15 is 0 Å². The van der Waals surface area contributed by atoms with Crippen molar-refractivity contribution in [2.24, 2.45) is 5.92 Å². The fourth-order valence-electron chi connectivity index (χ4n) is 3.49. The van der Waals surface area contributed by atoms with E-state index in [2.05, 4.69) is 31.1 Å². The van der Waals surface area contributed by atoms with Crippen LogP contribution in [-0.4, -0.2) is 32.9 Å². The molecule has 1 saturated heterocycles. The molecule has 3 heterocycles. The number of aromatic nitrogens is 3. The number of hydrogen-bond donors (Lipinski definition) is 3. The highest BCUT2D eigenvalue weighted by atomic mass is 16.2. The quantitative estimate of drug-likeness (QED) is 0.758. The van der Waals surface area contributed by atoms with Crippen LogP contribution in [0.3, 0.4) is 0 Å². The van der Waals surface area contributed by atoms with E-state index in [1.807, 2.05) is 26.0 Å². The average molecular weight is 352 g/mol. The first kappa shape index (κ1) is 17.1. The molecule has 7 heteroatoms. The summed E-state index contributed by atoms with van der Waals surface area (Å²) >= 11 is 0. The zero-order chi connectivity index (χ0) is 18.1. The Balaban J connectivity index is 1.41. The molecule has 136 valence electrons. The first-order valence-corrected chi connectivity index (χ1v) is 9.17. The van der Waals surface area contributed by atoms with E-state index in [4.69, 9.17) is 0 Å². The Labute approximate surface area is 153 Å². The van der Waals surface area contributed by atoms with Crippen molar-refractivity contribution in [3.05, 3.63) is 42.0 Å². The Bertz CT molecular complexity index is 792. The molecule has 2 aromatic heterocycles. The monoisotopic (exact) mass is 352 g/mol. The lowest BCUT2D eigenvalue weighted by molar-refractivity contribution is -0.123. The Hall–Kier alpha value is -2.38. The van der Waals surface area contributed by atoms with E-state index in [9.17, 15) is 4.79 Å². The van der Waals surface area contributed by atoms with Gasteiger partial charge in [-0.2, -0.15) is 0 Å². The summed E-state index contributed by atoms with van der Waals surface area (Å²) in [5.74, 6) is 1.42. The van der Waals surface area contributed by atoms with Crippen LogP contribution in [0.1, 0.15) is 43.5 Å². The number of hydrazine groups is 1. The lowest BCUT2D eigenvalue weighted by Gasteiger charge is -2.18. The topological polar surface area (TPSA) is 91.8 Å². The smallest absolute Gasteiger partial charge is 0.239 e. The summed E-state index contributed by atoms with van der Waals surface area (Å²) in [4.78, 5) is 25.6. The molecule has 26 heavy (non-hydrogen) atoms. The van der Waals surface area contributed by atoms with Gasteiger partial charge in [0.1, 0.15) is 6.04 Å². The molecule has 2 fully saturated rings. The van der Waals surface area contributed by atoms with Crippen LogP contribution in [0.4, 0.5) is 0 Å². The van der Waals surface area contributed by atoms with Gasteiger partial charge in [-0.25, -0.2) is 15.4 Å². The standard InChI is InChI=1S/C19H24N6O/c1-11-15(10-21-18(22-11)14-5-7-20-8-6-14)12(2)23-19(26)17-9-16(24-25-17)13-3-4-13/h5-8,10,12-13,16-17,24-25H,3-4,9H2,1-2H3,(H,23,26). The van der Waals surface area contributed by atoms with Gasteiger partial charge in [-0.05, 0) is 51.2 Å². The second kappa shape index (κ2) is 7.09. The molecule has 0 bridgehead atoms. The van der Waals surface area contributed by atoms with E-state index in [1.54, 1.807) is 18.6 Å². The Morgan fingerprint density at radius 2 is 2.04 bits per heavy atom. The highest BCUT2D eigenvalue weighted by Gasteiger charge is 2.39. The second-order valence-corrected chi connectivity index (χ2v) is 7.22. The van der Waals surface area contributed by atoms with Gasteiger partial charge in [-0.1, -0.05) is 0 Å². The summed E-state index contributed by atoms with van der Waals surface area (Å²) in [6, 6.07) is 3.87. The van der Waals surface area contributed by atoms with Crippen LogP contribution >= 0.6 is 0 Å². The predicted octanol–water partition coefficient (Wildman–Crippen LogP) is 1.67. The van der Waals surface area contributed by atoms with E-state index in [0.29, 0.717) is 11.9 Å². The van der Waals surface area contributed by atoms with Crippen molar-refractivity contribution >= 4 is 5.91 Å². The Morgan fingerprint density at radius 1 is 1.27 bits per heavy atom. The van der Waals surface area contributed by atoms with Gasteiger partial charge in [0.05, 0.1) is 6.04 Å². The molecule has 3 N–H and O–H groups in total. The molecule has 0 aromatic carbocycles. The maximum atomic E-state index is 12.6. The van der Waals surface area contributed by atoms with Crippen molar-refractivity contribution in [3.8, 4) is 11.4 Å². The normalized spacial score (nSPS) is 23.6. The molecule has 1 aliphatic heterocycles. The summed E-state index contributed by atoms with van der Waals surface area (Å²) in [6.07, 6.45) is 8.63. The van der Waals surface area contributed by atoms with E-state index < -0.39 is 0 Å². The predicted molar refractivity (Wildman–Crippen MR) is 97.7 cm³/mol. The summed E-state index contributed by atoms with van der Waals surface area (Å²) in [7, 11) is 0. The molecule has 3 atom stereocenters. The van der Waals surface area contributed by atoms with E-state index in [0.717, 1.165) is 29.2 Å². The molecule has 1 aliphatic carbocycles. The van der Waals surface area contributed by atoms with Crippen LogP contribution in [-0.2, 0) is 4.79 Å². The van der Waals surface area contributed by atoms with Crippen molar-refractivity contribution in [1.82, 2.24) is 31.1 Å². The van der Waals surface area contributed by atoms with Gasteiger partial charge in [0, 0.05) is 41.5 Å². The summed E-state index contributed by atoms with van der Waals surface area (Å²) in [6.45, 7) is 3.92. The molecule has 7 nitrogen and oxygen atoms in total. The van der Waals surface area contributed by atoms with Gasteiger partial charge in [0.15, 0.2) is 5.82 Å². The molecule has 1 saturated carbocycles.